The van der Waals surface area contributed by atoms with E-state index < -0.39 is 5.91 Å². The van der Waals surface area contributed by atoms with Gasteiger partial charge in [-0.2, -0.15) is 0 Å². The Labute approximate surface area is 185 Å². The number of rotatable bonds is 5. The van der Waals surface area contributed by atoms with Gasteiger partial charge in [0, 0.05) is 12.1 Å². The maximum atomic E-state index is 13.4. The number of hydrogen-bond acceptors (Lipinski definition) is 5. The van der Waals surface area contributed by atoms with E-state index in [-0.39, 0.29) is 30.0 Å². The average Bonchev–Trinajstić information content (AvgIpc) is 3.57. The Bertz CT molecular complexity index is 1180. The first kappa shape index (κ1) is 20.1. The van der Waals surface area contributed by atoms with Crippen LogP contribution in [0.4, 0.5) is 0 Å². The van der Waals surface area contributed by atoms with Gasteiger partial charge in [0.25, 0.3) is 17.7 Å². The van der Waals surface area contributed by atoms with Crippen molar-refractivity contribution in [3.8, 4) is 5.75 Å². The van der Waals surface area contributed by atoms with Gasteiger partial charge < -0.3 is 14.1 Å². The summed E-state index contributed by atoms with van der Waals surface area (Å²) >= 11 is 0. The Kier molecular flexibility index (Phi) is 5.01. The number of methoxy groups -OCH3 is 1. The highest BCUT2D eigenvalue weighted by Gasteiger charge is 2.37. The van der Waals surface area contributed by atoms with E-state index in [2.05, 4.69) is 0 Å². The molecule has 2 aromatic carbocycles. The van der Waals surface area contributed by atoms with E-state index in [0.717, 1.165) is 29.1 Å². The van der Waals surface area contributed by atoms with Crippen LogP contribution in [-0.4, -0.2) is 41.2 Å². The fourth-order valence-electron chi connectivity index (χ4n) is 4.47. The fraction of sp³-hybridized carbons (Fsp3) is 0.240. The standard InChI is InChI=1S/C25H22N2O5/c1-31-18-9-6-16(7-10-18)22-5-2-12-26(22)23(28)17-8-11-20-21(14-17)25(30)27(24(20)29)15-19-4-3-13-32-19/h3-4,6-11,13-14,22H,2,5,12,15H2,1H3/t22-/m0/s1. The van der Waals surface area contributed by atoms with Crippen LogP contribution in [0.25, 0.3) is 0 Å². The average molecular weight is 430 g/mol. The molecule has 0 saturated carbocycles. The molecule has 7 heteroatoms. The van der Waals surface area contributed by atoms with Gasteiger partial charge in [-0.3, -0.25) is 19.3 Å². The number of carbonyl (C=O) groups excluding carboxylic acids is 3. The Hall–Kier alpha value is -3.87. The number of imide groups is 1. The lowest BCUT2D eigenvalue weighted by molar-refractivity contribution is 0.0631. The predicted octanol–water partition coefficient (Wildman–Crippen LogP) is 4.06. The van der Waals surface area contributed by atoms with Gasteiger partial charge in [0.05, 0.1) is 37.1 Å². The second-order valence-corrected chi connectivity index (χ2v) is 7.97. The van der Waals surface area contributed by atoms with Crippen molar-refractivity contribution in [1.29, 1.82) is 0 Å². The molecule has 2 aliphatic heterocycles. The number of fused-ring (bicyclic) bond motifs is 1. The number of hydrogen-bond donors (Lipinski definition) is 0. The van der Waals surface area contributed by atoms with Crippen LogP contribution < -0.4 is 4.74 Å². The van der Waals surface area contributed by atoms with Crippen molar-refractivity contribution in [2.75, 3.05) is 13.7 Å². The Morgan fingerprint density at radius 1 is 1.06 bits per heavy atom. The molecular formula is C25H22N2O5. The minimum absolute atomic E-state index is 0.0329. The molecule has 162 valence electrons. The summed E-state index contributed by atoms with van der Waals surface area (Å²) in [6.07, 6.45) is 3.28. The highest BCUT2D eigenvalue weighted by atomic mass is 16.5. The van der Waals surface area contributed by atoms with Crippen LogP contribution in [0.3, 0.4) is 0 Å². The summed E-state index contributed by atoms with van der Waals surface area (Å²) in [6.45, 7) is 0.707. The van der Waals surface area contributed by atoms with Gasteiger partial charge >= 0.3 is 0 Å². The summed E-state index contributed by atoms with van der Waals surface area (Å²) in [5, 5.41) is 0. The molecule has 1 saturated heterocycles. The summed E-state index contributed by atoms with van der Waals surface area (Å²) in [7, 11) is 1.62. The summed E-state index contributed by atoms with van der Waals surface area (Å²) in [5.74, 6) is 0.360. The number of nitrogens with zero attached hydrogens (tertiary/aromatic N) is 2. The number of carbonyl (C=O) groups is 3. The van der Waals surface area contributed by atoms with Crippen molar-refractivity contribution in [3.63, 3.8) is 0 Å². The summed E-state index contributed by atoms with van der Waals surface area (Å²) in [6, 6.07) is 15.9. The van der Waals surface area contributed by atoms with Gasteiger partial charge in [0.15, 0.2) is 0 Å². The molecule has 0 unspecified atom stereocenters. The quantitative estimate of drug-likeness (QED) is 0.570. The molecule has 2 aliphatic rings. The number of ether oxygens (including phenoxy) is 1. The van der Waals surface area contributed by atoms with Crippen LogP contribution in [0.2, 0.25) is 0 Å². The van der Waals surface area contributed by atoms with Crippen molar-refractivity contribution in [2.24, 2.45) is 0 Å². The molecule has 5 rings (SSSR count). The molecule has 1 fully saturated rings. The van der Waals surface area contributed by atoms with Crippen molar-refractivity contribution < 1.29 is 23.5 Å². The zero-order valence-electron chi connectivity index (χ0n) is 17.6. The number of likely N-dealkylation sites (tertiary alicyclic amines) is 1. The predicted molar refractivity (Wildman–Crippen MR) is 115 cm³/mol. The molecule has 32 heavy (non-hydrogen) atoms. The SMILES string of the molecule is COc1ccc([C@@H]2CCCN2C(=O)c2ccc3c(c2)C(=O)N(Cc2ccco2)C3=O)cc1. The zero-order valence-corrected chi connectivity index (χ0v) is 17.6. The molecule has 1 aromatic heterocycles. The van der Waals surface area contributed by atoms with E-state index in [4.69, 9.17) is 9.15 Å². The molecule has 3 aromatic rings. The van der Waals surface area contributed by atoms with Gasteiger partial charge in [0.1, 0.15) is 11.5 Å². The van der Waals surface area contributed by atoms with Crippen LogP contribution in [0.5, 0.6) is 5.75 Å². The Morgan fingerprint density at radius 3 is 2.56 bits per heavy atom. The van der Waals surface area contributed by atoms with Crippen LogP contribution >= 0.6 is 0 Å². The van der Waals surface area contributed by atoms with Crippen molar-refractivity contribution in [1.82, 2.24) is 9.80 Å². The van der Waals surface area contributed by atoms with E-state index >= 15 is 0 Å². The maximum absolute atomic E-state index is 13.4. The third-order valence-corrected chi connectivity index (χ3v) is 6.13. The molecule has 1 atom stereocenters. The van der Waals surface area contributed by atoms with E-state index in [9.17, 15) is 14.4 Å². The lowest BCUT2D eigenvalue weighted by Gasteiger charge is -2.25. The lowest BCUT2D eigenvalue weighted by atomic mass is 10.0. The van der Waals surface area contributed by atoms with Gasteiger partial charge in [0.2, 0.25) is 0 Å². The number of benzene rings is 2. The highest BCUT2D eigenvalue weighted by molar-refractivity contribution is 6.22. The van der Waals surface area contributed by atoms with E-state index in [0.29, 0.717) is 23.4 Å². The molecule has 0 N–H and O–H groups in total. The first-order chi connectivity index (χ1) is 15.6. The number of furan rings is 1. The highest BCUT2D eigenvalue weighted by Crippen LogP contribution is 2.34. The molecule has 0 bridgehead atoms. The normalized spacial score (nSPS) is 17.7. The molecule has 0 radical (unpaired) electrons. The van der Waals surface area contributed by atoms with E-state index in [1.807, 2.05) is 29.2 Å². The molecule has 3 heterocycles. The zero-order chi connectivity index (χ0) is 22.2. The molecule has 0 spiro atoms. The van der Waals surface area contributed by atoms with Gasteiger partial charge in [-0.05, 0) is 60.9 Å². The van der Waals surface area contributed by atoms with E-state index in [1.165, 1.54) is 6.26 Å². The molecule has 7 nitrogen and oxygen atoms in total. The molecular weight excluding hydrogens is 408 g/mol. The van der Waals surface area contributed by atoms with Gasteiger partial charge in [-0.1, -0.05) is 12.1 Å². The van der Waals surface area contributed by atoms with Crippen LogP contribution in [-0.2, 0) is 6.54 Å². The van der Waals surface area contributed by atoms with Gasteiger partial charge in [-0.25, -0.2) is 0 Å². The van der Waals surface area contributed by atoms with Crippen LogP contribution in [0, 0.1) is 0 Å². The first-order valence-corrected chi connectivity index (χ1v) is 10.5. The van der Waals surface area contributed by atoms with Crippen LogP contribution in [0.1, 0.15) is 61.3 Å². The summed E-state index contributed by atoms with van der Waals surface area (Å²) in [5.41, 5.74) is 2.03. The van der Waals surface area contributed by atoms with Crippen molar-refractivity contribution in [2.45, 2.75) is 25.4 Å². The third-order valence-electron chi connectivity index (χ3n) is 6.13. The first-order valence-electron chi connectivity index (χ1n) is 10.5. The summed E-state index contributed by atoms with van der Waals surface area (Å²) < 4.78 is 10.5. The van der Waals surface area contributed by atoms with Crippen LogP contribution in [0.15, 0.2) is 65.3 Å². The lowest BCUT2D eigenvalue weighted by Crippen LogP contribution is -2.30. The second-order valence-electron chi connectivity index (χ2n) is 7.97. The molecule has 3 amide bonds. The minimum Gasteiger partial charge on any atom is -0.497 e. The van der Waals surface area contributed by atoms with Crippen molar-refractivity contribution in [3.05, 3.63) is 88.9 Å². The Balaban J connectivity index is 1.39. The molecule has 0 aliphatic carbocycles. The van der Waals surface area contributed by atoms with Gasteiger partial charge in [-0.15, -0.1) is 0 Å². The summed E-state index contributed by atoms with van der Waals surface area (Å²) in [4.78, 5) is 42.0. The fourth-order valence-corrected chi connectivity index (χ4v) is 4.47. The largest absolute Gasteiger partial charge is 0.497 e. The second kappa shape index (κ2) is 8.00. The topological polar surface area (TPSA) is 80.1 Å². The third kappa shape index (κ3) is 3.36. The smallest absolute Gasteiger partial charge is 0.261 e. The number of amides is 3. The monoisotopic (exact) mass is 430 g/mol. The Morgan fingerprint density at radius 2 is 1.84 bits per heavy atom. The minimum atomic E-state index is -0.413. The van der Waals surface area contributed by atoms with E-state index in [1.54, 1.807) is 37.4 Å². The maximum Gasteiger partial charge on any atom is 0.261 e. The van der Waals surface area contributed by atoms with Crippen molar-refractivity contribution >= 4 is 17.7 Å².